The summed E-state index contributed by atoms with van der Waals surface area (Å²) in [5.41, 5.74) is 2.66. The number of nitrogens with zero attached hydrogens (tertiary/aromatic N) is 1. The number of nitrogens with one attached hydrogen (secondary N) is 1. The van der Waals surface area contributed by atoms with Gasteiger partial charge in [-0.3, -0.25) is 4.98 Å². The van der Waals surface area contributed by atoms with E-state index in [4.69, 9.17) is 4.74 Å². The zero-order chi connectivity index (χ0) is 12.8. The van der Waals surface area contributed by atoms with E-state index in [9.17, 15) is 0 Å². The largest absolute Gasteiger partial charge is 0.383 e. The molecule has 2 rings (SSSR count). The number of rotatable bonds is 6. The first kappa shape index (κ1) is 13.5. The number of hydrogen-bond acceptors (Lipinski definition) is 3. The molecule has 1 N–H and O–H groups in total. The van der Waals surface area contributed by atoms with Crippen molar-refractivity contribution in [3.05, 3.63) is 29.6 Å². The van der Waals surface area contributed by atoms with Crippen LogP contribution in [0.4, 0.5) is 0 Å². The van der Waals surface area contributed by atoms with Gasteiger partial charge in [-0.05, 0) is 37.3 Å². The van der Waals surface area contributed by atoms with Gasteiger partial charge in [-0.1, -0.05) is 19.4 Å². The Morgan fingerprint density at radius 2 is 2.44 bits per heavy atom. The second kappa shape index (κ2) is 6.86. The summed E-state index contributed by atoms with van der Waals surface area (Å²) < 4.78 is 5.30. The molecule has 0 aliphatic heterocycles. The minimum atomic E-state index is 0.404. The molecule has 0 radical (unpaired) electrons. The summed E-state index contributed by atoms with van der Waals surface area (Å²) >= 11 is 0. The van der Waals surface area contributed by atoms with Crippen molar-refractivity contribution in [1.29, 1.82) is 0 Å². The van der Waals surface area contributed by atoms with Crippen LogP contribution in [0.2, 0.25) is 0 Å². The molecular weight excluding hydrogens is 224 g/mol. The van der Waals surface area contributed by atoms with Gasteiger partial charge in [0.05, 0.1) is 18.3 Å². The van der Waals surface area contributed by atoms with Gasteiger partial charge in [-0.25, -0.2) is 0 Å². The highest BCUT2D eigenvalue weighted by molar-refractivity contribution is 5.25. The molecule has 0 saturated carbocycles. The molecule has 0 saturated heterocycles. The van der Waals surface area contributed by atoms with Crippen LogP contribution in [0.15, 0.2) is 18.3 Å². The second-order valence-corrected chi connectivity index (χ2v) is 5.10. The summed E-state index contributed by atoms with van der Waals surface area (Å²) in [5.74, 6) is 0. The minimum Gasteiger partial charge on any atom is -0.383 e. The molecule has 1 aromatic heterocycles. The predicted octanol–water partition coefficient (Wildman–Crippen LogP) is 2.86. The highest BCUT2D eigenvalue weighted by Crippen LogP contribution is 2.28. The Hall–Kier alpha value is -0.930. The van der Waals surface area contributed by atoms with Gasteiger partial charge in [0.2, 0.25) is 0 Å². The van der Waals surface area contributed by atoms with Crippen molar-refractivity contribution in [2.45, 2.75) is 51.1 Å². The van der Waals surface area contributed by atoms with Crippen LogP contribution < -0.4 is 5.32 Å². The summed E-state index contributed by atoms with van der Waals surface area (Å²) in [6.07, 6.45) is 7.86. The fourth-order valence-corrected chi connectivity index (χ4v) is 2.82. The maximum atomic E-state index is 5.30. The first-order valence-electron chi connectivity index (χ1n) is 7.04. The van der Waals surface area contributed by atoms with Gasteiger partial charge in [-0.15, -0.1) is 0 Å². The van der Waals surface area contributed by atoms with E-state index in [-0.39, 0.29) is 0 Å². The Labute approximate surface area is 110 Å². The van der Waals surface area contributed by atoms with Crippen LogP contribution in [0, 0.1) is 0 Å². The van der Waals surface area contributed by atoms with Crippen LogP contribution >= 0.6 is 0 Å². The number of fused-ring (bicyclic) bond motifs is 1. The smallest absolute Gasteiger partial charge is 0.0616 e. The number of hydrogen-bond donors (Lipinski definition) is 1. The Kier molecular flexibility index (Phi) is 5.14. The molecule has 2 unspecified atom stereocenters. The highest BCUT2D eigenvalue weighted by Gasteiger charge is 2.23. The third-order valence-electron chi connectivity index (χ3n) is 3.64. The molecule has 0 spiro atoms. The van der Waals surface area contributed by atoms with E-state index in [2.05, 4.69) is 23.3 Å². The van der Waals surface area contributed by atoms with E-state index in [1.807, 2.05) is 12.3 Å². The van der Waals surface area contributed by atoms with Crippen LogP contribution in [0.25, 0.3) is 0 Å². The summed E-state index contributed by atoms with van der Waals surface area (Å²) in [6.45, 7) is 3.00. The monoisotopic (exact) mass is 248 g/mol. The average molecular weight is 248 g/mol. The van der Waals surface area contributed by atoms with Gasteiger partial charge in [-0.2, -0.15) is 0 Å². The van der Waals surface area contributed by atoms with Gasteiger partial charge >= 0.3 is 0 Å². The topological polar surface area (TPSA) is 34.1 Å². The van der Waals surface area contributed by atoms with Crippen LogP contribution in [0.3, 0.4) is 0 Å². The summed E-state index contributed by atoms with van der Waals surface area (Å²) in [6, 6.07) is 5.10. The van der Waals surface area contributed by atoms with Gasteiger partial charge in [0.1, 0.15) is 0 Å². The number of pyridine rings is 1. The standard InChI is InChI=1S/C15H24N2O/c1-3-6-13(11-18-2)17-14-9-4-7-12-8-5-10-16-15(12)14/h5,8,10,13-14,17H,3-4,6-7,9,11H2,1-2H3. The lowest BCUT2D eigenvalue weighted by Crippen LogP contribution is -2.38. The Balaban J connectivity index is 2.05. The van der Waals surface area contributed by atoms with Crippen molar-refractivity contribution in [2.24, 2.45) is 0 Å². The third kappa shape index (κ3) is 3.30. The Morgan fingerprint density at radius 3 is 3.22 bits per heavy atom. The van der Waals surface area contributed by atoms with Crippen molar-refractivity contribution in [2.75, 3.05) is 13.7 Å². The molecule has 3 nitrogen and oxygen atoms in total. The molecule has 2 atom stereocenters. The van der Waals surface area contributed by atoms with E-state index in [0.717, 1.165) is 13.0 Å². The zero-order valence-corrected chi connectivity index (χ0v) is 11.5. The molecule has 1 aromatic rings. The van der Waals surface area contributed by atoms with Crippen molar-refractivity contribution < 1.29 is 4.74 Å². The van der Waals surface area contributed by atoms with Crippen LogP contribution in [0.5, 0.6) is 0 Å². The lowest BCUT2D eigenvalue weighted by molar-refractivity contribution is 0.153. The maximum absolute atomic E-state index is 5.30. The molecular formula is C15H24N2O. The van der Waals surface area contributed by atoms with E-state index >= 15 is 0 Å². The first-order chi connectivity index (χ1) is 8.85. The van der Waals surface area contributed by atoms with Crippen molar-refractivity contribution in [3.63, 3.8) is 0 Å². The zero-order valence-electron chi connectivity index (χ0n) is 11.5. The molecule has 0 aromatic carbocycles. The first-order valence-corrected chi connectivity index (χ1v) is 7.04. The fourth-order valence-electron chi connectivity index (χ4n) is 2.82. The molecule has 100 valence electrons. The highest BCUT2D eigenvalue weighted by atomic mass is 16.5. The molecule has 1 aliphatic carbocycles. The van der Waals surface area contributed by atoms with E-state index < -0.39 is 0 Å². The Bertz CT molecular complexity index is 361. The number of methoxy groups -OCH3 is 1. The SMILES string of the molecule is CCCC(COC)NC1CCCc2cccnc21. The molecule has 0 bridgehead atoms. The molecule has 0 fully saturated rings. The van der Waals surface area contributed by atoms with Crippen LogP contribution in [-0.2, 0) is 11.2 Å². The van der Waals surface area contributed by atoms with Crippen molar-refractivity contribution in [3.8, 4) is 0 Å². The summed E-state index contributed by atoms with van der Waals surface area (Å²) in [4.78, 5) is 4.57. The normalized spacial score (nSPS) is 20.4. The van der Waals surface area contributed by atoms with Gasteiger partial charge < -0.3 is 10.1 Å². The van der Waals surface area contributed by atoms with Crippen LogP contribution in [0.1, 0.15) is 49.9 Å². The van der Waals surface area contributed by atoms with E-state index in [0.29, 0.717) is 12.1 Å². The fraction of sp³-hybridized carbons (Fsp3) is 0.667. The van der Waals surface area contributed by atoms with Crippen molar-refractivity contribution >= 4 is 0 Å². The number of aromatic nitrogens is 1. The molecule has 3 heteroatoms. The third-order valence-corrected chi connectivity index (χ3v) is 3.64. The predicted molar refractivity (Wildman–Crippen MR) is 73.6 cm³/mol. The van der Waals surface area contributed by atoms with Crippen LogP contribution in [-0.4, -0.2) is 24.7 Å². The molecule has 18 heavy (non-hydrogen) atoms. The lowest BCUT2D eigenvalue weighted by Gasteiger charge is -2.29. The second-order valence-electron chi connectivity index (χ2n) is 5.10. The van der Waals surface area contributed by atoms with Crippen molar-refractivity contribution in [1.82, 2.24) is 10.3 Å². The van der Waals surface area contributed by atoms with E-state index in [1.54, 1.807) is 7.11 Å². The van der Waals surface area contributed by atoms with Gasteiger partial charge in [0, 0.05) is 19.3 Å². The average Bonchev–Trinajstić information content (AvgIpc) is 2.40. The van der Waals surface area contributed by atoms with Gasteiger partial charge in [0.25, 0.3) is 0 Å². The maximum Gasteiger partial charge on any atom is 0.0616 e. The number of aryl methyl sites for hydroxylation is 1. The molecule has 0 amide bonds. The Morgan fingerprint density at radius 1 is 1.56 bits per heavy atom. The van der Waals surface area contributed by atoms with E-state index in [1.165, 1.54) is 36.9 Å². The van der Waals surface area contributed by atoms with Gasteiger partial charge in [0.15, 0.2) is 0 Å². The minimum absolute atomic E-state index is 0.404. The molecule has 1 aliphatic rings. The lowest BCUT2D eigenvalue weighted by atomic mass is 9.91. The number of ether oxygens (including phenoxy) is 1. The quantitative estimate of drug-likeness (QED) is 0.840. The molecule has 1 heterocycles. The summed E-state index contributed by atoms with van der Waals surface area (Å²) in [7, 11) is 1.78. The summed E-state index contributed by atoms with van der Waals surface area (Å²) in [5, 5.41) is 3.73.